The van der Waals surface area contributed by atoms with Crippen molar-refractivity contribution in [3.8, 4) is 0 Å². The van der Waals surface area contributed by atoms with Crippen molar-refractivity contribution in [2.75, 3.05) is 26.2 Å². The minimum Gasteiger partial charge on any atom is -0.460 e. The van der Waals surface area contributed by atoms with E-state index < -0.39 is 0 Å². The highest BCUT2D eigenvalue weighted by Gasteiger charge is 2.32. The quantitative estimate of drug-likeness (QED) is 0.939. The van der Waals surface area contributed by atoms with E-state index in [0.717, 1.165) is 55.9 Å². The minimum absolute atomic E-state index is 0.249. The maximum absolute atomic E-state index is 10.7. The van der Waals surface area contributed by atoms with E-state index in [0.29, 0.717) is 6.04 Å². The molecule has 0 aliphatic carbocycles. The Hall–Kier alpha value is -1.36. The number of likely N-dealkylation sites (tertiary alicyclic amines) is 2. The maximum Gasteiger partial charge on any atom is 0.134 e. The molecule has 3 heterocycles. The number of hydrogen-bond donors (Lipinski definition) is 1. The fourth-order valence-corrected chi connectivity index (χ4v) is 4.32. The van der Waals surface area contributed by atoms with E-state index in [9.17, 15) is 5.11 Å². The topological polar surface area (TPSA) is 39.9 Å². The number of rotatable bonds is 3. The van der Waals surface area contributed by atoms with Gasteiger partial charge in [-0.1, -0.05) is 31.0 Å². The van der Waals surface area contributed by atoms with Gasteiger partial charge in [0.1, 0.15) is 11.3 Å². The summed E-state index contributed by atoms with van der Waals surface area (Å²) in [5, 5.41) is 11.8. The molecule has 2 aliphatic heterocycles. The predicted molar refractivity (Wildman–Crippen MR) is 95.9 cm³/mol. The summed E-state index contributed by atoms with van der Waals surface area (Å²) in [4.78, 5) is 4.87. The summed E-state index contributed by atoms with van der Waals surface area (Å²) in [6, 6.07) is 10.6. The summed E-state index contributed by atoms with van der Waals surface area (Å²) in [6.07, 6.45) is 6.06. The number of nitrogens with zero attached hydrogens (tertiary/aromatic N) is 2. The molecule has 2 saturated heterocycles. The van der Waals surface area contributed by atoms with Gasteiger partial charge in [-0.2, -0.15) is 0 Å². The zero-order chi connectivity index (χ0) is 16.4. The van der Waals surface area contributed by atoms with Crippen LogP contribution in [0.15, 0.2) is 34.7 Å². The van der Waals surface area contributed by atoms with E-state index >= 15 is 0 Å². The van der Waals surface area contributed by atoms with Crippen molar-refractivity contribution >= 4 is 11.0 Å². The van der Waals surface area contributed by atoms with Crippen LogP contribution in [0.1, 0.15) is 37.9 Å². The monoisotopic (exact) mass is 328 g/mol. The third-order valence-electron chi connectivity index (χ3n) is 5.60. The zero-order valence-electron chi connectivity index (χ0n) is 14.4. The van der Waals surface area contributed by atoms with Crippen LogP contribution in [0.3, 0.4) is 0 Å². The Morgan fingerprint density at radius 3 is 2.58 bits per heavy atom. The Labute approximate surface area is 144 Å². The molecule has 2 atom stereocenters. The summed E-state index contributed by atoms with van der Waals surface area (Å²) in [7, 11) is 0. The standard InChI is InChI=1S/C20H28N2O2/c23-19-15-21(12-9-18(19)22-10-5-1-2-6-11-22)14-17-13-16-7-3-4-8-20(16)24-17/h3-4,7-8,13,18-19,23H,1-2,5-6,9-12,14-15H2/t18-,19-/m1/s1. The smallest absolute Gasteiger partial charge is 0.134 e. The number of aliphatic hydroxyl groups excluding tert-OH is 1. The summed E-state index contributed by atoms with van der Waals surface area (Å²) in [5.74, 6) is 0.997. The lowest BCUT2D eigenvalue weighted by molar-refractivity contribution is -0.0158. The lowest BCUT2D eigenvalue weighted by Crippen LogP contribution is -2.54. The van der Waals surface area contributed by atoms with Gasteiger partial charge in [-0.25, -0.2) is 0 Å². The van der Waals surface area contributed by atoms with Crippen LogP contribution in [0.5, 0.6) is 0 Å². The molecular weight excluding hydrogens is 300 g/mol. The summed E-state index contributed by atoms with van der Waals surface area (Å²) < 4.78 is 5.93. The van der Waals surface area contributed by atoms with Crippen LogP contribution >= 0.6 is 0 Å². The summed E-state index contributed by atoms with van der Waals surface area (Å²) >= 11 is 0. The van der Waals surface area contributed by atoms with Crippen molar-refractivity contribution < 1.29 is 9.52 Å². The van der Waals surface area contributed by atoms with Gasteiger partial charge in [0.25, 0.3) is 0 Å². The first kappa shape index (κ1) is 16.1. The first-order valence-electron chi connectivity index (χ1n) is 9.41. The van der Waals surface area contributed by atoms with Gasteiger partial charge in [-0.05, 0) is 44.5 Å². The Kier molecular flexibility index (Phi) is 4.88. The molecule has 0 saturated carbocycles. The van der Waals surface area contributed by atoms with Crippen molar-refractivity contribution in [2.45, 2.75) is 50.8 Å². The van der Waals surface area contributed by atoms with Gasteiger partial charge in [0.05, 0.1) is 12.6 Å². The van der Waals surface area contributed by atoms with Crippen LogP contribution < -0.4 is 0 Å². The van der Waals surface area contributed by atoms with Gasteiger partial charge in [-0.15, -0.1) is 0 Å². The van der Waals surface area contributed by atoms with Crippen LogP contribution in [0.25, 0.3) is 11.0 Å². The van der Waals surface area contributed by atoms with Gasteiger partial charge in [0.2, 0.25) is 0 Å². The third-order valence-corrected chi connectivity index (χ3v) is 5.60. The number of β-amino-alcohol motifs (C(OH)–C–C–N with tert-alkyl or cyclic N) is 1. The Morgan fingerprint density at radius 2 is 1.83 bits per heavy atom. The number of fused-ring (bicyclic) bond motifs is 1. The molecule has 2 fully saturated rings. The van der Waals surface area contributed by atoms with Gasteiger partial charge in [0, 0.05) is 24.5 Å². The molecule has 0 unspecified atom stereocenters. The van der Waals surface area contributed by atoms with E-state index in [4.69, 9.17) is 4.42 Å². The molecule has 2 aromatic rings. The Bertz CT molecular complexity index is 627. The van der Waals surface area contributed by atoms with Crippen LogP contribution in [-0.2, 0) is 6.54 Å². The number of aliphatic hydroxyl groups is 1. The van der Waals surface area contributed by atoms with Crippen LogP contribution in [0.4, 0.5) is 0 Å². The van der Waals surface area contributed by atoms with Gasteiger partial charge >= 0.3 is 0 Å². The van der Waals surface area contributed by atoms with E-state index in [1.807, 2.05) is 18.2 Å². The highest BCUT2D eigenvalue weighted by atomic mass is 16.3. The van der Waals surface area contributed by atoms with Gasteiger partial charge in [-0.3, -0.25) is 9.80 Å². The minimum atomic E-state index is -0.249. The molecule has 2 aliphatic rings. The van der Waals surface area contributed by atoms with Crippen molar-refractivity contribution in [3.05, 3.63) is 36.1 Å². The van der Waals surface area contributed by atoms with Crippen LogP contribution in [0.2, 0.25) is 0 Å². The molecular formula is C20H28N2O2. The molecule has 0 amide bonds. The lowest BCUT2D eigenvalue weighted by atomic mass is 9.99. The van der Waals surface area contributed by atoms with Crippen LogP contribution in [-0.4, -0.2) is 53.2 Å². The highest BCUT2D eigenvalue weighted by molar-refractivity contribution is 5.77. The Balaban J connectivity index is 1.37. The molecule has 4 nitrogen and oxygen atoms in total. The predicted octanol–water partition coefficient (Wildman–Crippen LogP) is 3.24. The number of benzene rings is 1. The number of piperidine rings is 1. The fourth-order valence-electron chi connectivity index (χ4n) is 4.32. The van der Waals surface area contributed by atoms with Gasteiger partial charge in [0.15, 0.2) is 0 Å². The largest absolute Gasteiger partial charge is 0.460 e. The molecule has 130 valence electrons. The lowest BCUT2D eigenvalue weighted by Gasteiger charge is -2.41. The van der Waals surface area contributed by atoms with E-state index in [1.165, 1.54) is 25.7 Å². The SMILES string of the molecule is O[C@@H]1CN(Cc2cc3ccccc3o2)CC[C@H]1N1CCCCCC1. The Morgan fingerprint density at radius 1 is 1.04 bits per heavy atom. The number of para-hydroxylation sites is 1. The highest BCUT2D eigenvalue weighted by Crippen LogP contribution is 2.24. The second-order valence-corrected chi connectivity index (χ2v) is 7.36. The zero-order valence-corrected chi connectivity index (χ0v) is 14.4. The molecule has 0 spiro atoms. The molecule has 1 aromatic carbocycles. The van der Waals surface area contributed by atoms with Crippen LogP contribution in [0, 0.1) is 0 Å². The fraction of sp³-hybridized carbons (Fsp3) is 0.600. The normalized spacial score (nSPS) is 27.4. The van der Waals surface area contributed by atoms with Crippen molar-refractivity contribution in [1.29, 1.82) is 0 Å². The molecule has 4 rings (SSSR count). The summed E-state index contributed by atoms with van der Waals surface area (Å²) in [5.41, 5.74) is 0.951. The van der Waals surface area contributed by atoms with Crippen molar-refractivity contribution in [2.24, 2.45) is 0 Å². The first-order chi connectivity index (χ1) is 11.8. The second-order valence-electron chi connectivity index (χ2n) is 7.36. The summed E-state index contributed by atoms with van der Waals surface area (Å²) in [6.45, 7) is 4.89. The van der Waals surface area contributed by atoms with E-state index in [-0.39, 0.29) is 6.10 Å². The average molecular weight is 328 g/mol. The second kappa shape index (κ2) is 7.26. The molecule has 1 N–H and O–H groups in total. The number of furan rings is 1. The molecule has 1 aromatic heterocycles. The molecule has 0 bridgehead atoms. The third kappa shape index (κ3) is 3.51. The van der Waals surface area contributed by atoms with E-state index in [1.54, 1.807) is 0 Å². The maximum atomic E-state index is 10.7. The molecule has 0 radical (unpaired) electrons. The van der Waals surface area contributed by atoms with Gasteiger partial charge < -0.3 is 9.52 Å². The van der Waals surface area contributed by atoms with Crippen molar-refractivity contribution in [1.82, 2.24) is 9.80 Å². The van der Waals surface area contributed by atoms with E-state index in [2.05, 4.69) is 21.9 Å². The first-order valence-corrected chi connectivity index (χ1v) is 9.41. The van der Waals surface area contributed by atoms with Crippen molar-refractivity contribution in [3.63, 3.8) is 0 Å². The average Bonchev–Trinajstić information content (AvgIpc) is 2.79. The molecule has 4 heteroatoms. The molecule has 24 heavy (non-hydrogen) atoms. The number of hydrogen-bond acceptors (Lipinski definition) is 4.